The van der Waals surface area contributed by atoms with Crippen LogP contribution < -0.4 is 0 Å². The van der Waals surface area contributed by atoms with E-state index in [1.54, 1.807) is 13.0 Å². The molecular weight excluding hydrogens is 116 g/mol. The normalized spacial score (nSPS) is 17.7. The lowest BCUT2D eigenvalue weighted by molar-refractivity contribution is 0.0810. The summed E-state index contributed by atoms with van der Waals surface area (Å²) in [6, 6.07) is 0. The molecule has 52 valence electrons. The van der Waals surface area contributed by atoms with Crippen LogP contribution in [-0.4, -0.2) is 22.4 Å². The third-order valence-corrected chi connectivity index (χ3v) is 0.981. The maximum atomic E-state index is 8.91. The van der Waals surface area contributed by atoms with E-state index >= 15 is 0 Å². The van der Waals surface area contributed by atoms with Crippen LogP contribution in [0.15, 0.2) is 24.8 Å². The standard InChI is InChI=1S/C7H12O2/c1-3-5-7(9)6(8)4-2/h3-9H,2H2,1H3/b5-3+/t6-,7+/m0/s1. The van der Waals surface area contributed by atoms with E-state index in [9.17, 15) is 0 Å². The number of allylic oxidation sites excluding steroid dienone is 1. The second kappa shape index (κ2) is 4.30. The summed E-state index contributed by atoms with van der Waals surface area (Å²) < 4.78 is 0. The molecule has 0 radical (unpaired) electrons. The van der Waals surface area contributed by atoms with E-state index in [2.05, 4.69) is 6.58 Å². The van der Waals surface area contributed by atoms with Gasteiger partial charge in [0.05, 0.1) is 0 Å². The van der Waals surface area contributed by atoms with Crippen molar-refractivity contribution < 1.29 is 10.2 Å². The zero-order valence-electron chi connectivity index (χ0n) is 5.49. The van der Waals surface area contributed by atoms with Gasteiger partial charge in [0.15, 0.2) is 0 Å². The highest BCUT2D eigenvalue weighted by atomic mass is 16.3. The molecule has 0 unspecified atom stereocenters. The topological polar surface area (TPSA) is 40.5 Å². The number of rotatable bonds is 3. The highest BCUT2D eigenvalue weighted by molar-refractivity contribution is 4.96. The third kappa shape index (κ3) is 3.06. The molecule has 0 aliphatic rings. The summed E-state index contributed by atoms with van der Waals surface area (Å²) >= 11 is 0. The van der Waals surface area contributed by atoms with Crippen molar-refractivity contribution >= 4 is 0 Å². The molecule has 0 spiro atoms. The maximum Gasteiger partial charge on any atom is 0.102 e. The van der Waals surface area contributed by atoms with Crippen LogP contribution in [0.5, 0.6) is 0 Å². The highest BCUT2D eigenvalue weighted by Crippen LogP contribution is 1.94. The summed E-state index contributed by atoms with van der Waals surface area (Å²) in [5.41, 5.74) is 0. The summed E-state index contributed by atoms with van der Waals surface area (Å²) in [6.45, 7) is 5.10. The Kier molecular flexibility index (Phi) is 4.01. The quantitative estimate of drug-likeness (QED) is 0.542. The third-order valence-electron chi connectivity index (χ3n) is 0.981. The zero-order valence-corrected chi connectivity index (χ0v) is 5.49. The van der Waals surface area contributed by atoms with Crippen LogP contribution >= 0.6 is 0 Å². The molecule has 0 aromatic carbocycles. The van der Waals surface area contributed by atoms with Gasteiger partial charge in [-0.2, -0.15) is 0 Å². The summed E-state index contributed by atoms with van der Waals surface area (Å²) in [6.07, 6.45) is 2.82. The van der Waals surface area contributed by atoms with E-state index in [0.717, 1.165) is 0 Å². The van der Waals surface area contributed by atoms with Crippen LogP contribution in [0, 0.1) is 0 Å². The first-order valence-electron chi connectivity index (χ1n) is 2.84. The fraction of sp³-hybridized carbons (Fsp3) is 0.429. The van der Waals surface area contributed by atoms with Crippen LogP contribution in [0.25, 0.3) is 0 Å². The second-order valence-corrected chi connectivity index (χ2v) is 1.74. The van der Waals surface area contributed by atoms with Gasteiger partial charge in [-0.05, 0) is 6.92 Å². The zero-order chi connectivity index (χ0) is 7.28. The van der Waals surface area contributed by atoms with Crippen molar-refractivity contribution in [2.75, 3.05) is 0 Å². The van der Waals surface area contributed by atoms with Crippen molar-refractivity contribution in [3.8, 4) is 0 Å². The lowest BCUT2D eigenvalue weighted by Crippen LogP contribution is -2.20. The van der Waals surface area contributed by atoms with Gasteiger partial charge in [-0.3, -0.25) is 0 Å². The maximum absolute atomic E-state index is 8.91. The van der Waals surface area contributed by atoms with Crippen LogP contribution in [0.3, 0.4) is 0 Å². The molecule has 0 heterocycles. The first-order valence-corrected chi connectivity index (χ1v) is 2.84. The minimum atomic E-state index is -0.846. The molecule has 0 amide bonds. The van der Waals surface area contributed by atoms with Crippen LogP contribution in [0.2, 0.25) is 0 Å². The fourth-order valence-corrected chi connectivity index (χ4v) is 0.450. The van der Waals surface area contributed by atoms with Crippen LogP contribution in [0.1, 0.15) is 6.92 Å². The molecule has 9 heavy (non-hydrogen) atoms. The van der Waals surface area contributed by atoms with Crippen molar-refractivity contribution in [2.45, 2.75) is 19.1 Å². The molecule has 2 atom stereocenters. The lowest BCUT2D eigenvalue weighted by Gasteiger charge is -2.07. The van der Waals surface area contributed by atoms with Gasteiger partial charge < -0.3 is 10.2 Å². The molecule has 0 aliphatic heterocycles. The second-order valence-electron chi connectivity index (χ2n) is 1.74. The highest BCUT2D eigenvalue weighted by Gasteiger charge is 2.06. The van der Waals surface area contributed by atoms with Crippen molar-refractivity contribution in [2.24, 2.45) is 0 Å². The first-order chi connectivity index (χ1) is 4.22. The van der Waals surface area contributed by atoms with E-state index in [1.165, 1.54) is 12.2 Å². The molecule has 2 N–H and O–H groups in total. The fourth-order valence-electron chi connectivity index (χ4n) is 0.450. The van der Waals surface area contributed by atoms with Gasteiger partial charge in [-0.25, -0.2) is 0 Å². The number of aliphatic hydroxyl groups excluding tert-OH is 2. The van der Waals surface area contributed by atoms with Gasteiger partial charge in [-0.1, -0.05) is 18.2 Å². The Morgan fingerprint density at radius 1 is 1.33 bits per heavy atom. The molecular formula is C7H12O2. The predicted octanol–water partition coefficient (Wildman–Crippen LogP) is 0.470. The number of hydrogen-bond donors (Lipinski definition) is 2. The molecule has 2 heteroatoms. The number of hydrogen-bond acceptors (Lipinski definition) is 2. The Hall–Kier alpha value is -0.600. The average molecular weight is 128 g/mol. The van der Waals surface area contributed by atoms with E-state index in [-0.39, 0.29) is 0 Å². The Labute approximate surface area is 55.1 Å². The van der Waals surface area contributed by atoms with Gasteiger partial charge in [-0.15, -0.1) is 6.58 Å². The molecule has 0 saturated heterocycles. The van der Waals surface area contributed by atoms with E-state index in [4.69, 9.17) is 10.2 Å². The average Bonchev–Trinajstić information content (AvgIpc) is 1.87. The van der Waals surface area contributed by atoms with Crippen LogP contribution in [0.4, 0.5) is 0 Å². The van der Waals surface area contributed by atoms with E-state index in [0.29, 0.717) is 0 Å². The van der Waals surface area contributed by atoms with Crippen molar-refractivity contribution in [1.29, 1.82) is 0 Å². The van der Waals surface area contributed by atoms with Crippen LogP contribution in [-0.2, 0) is 0 Å². The summed E-state index contributed by atoms with van der Waals surface area (Å²) in [5.74, 6) is 0. The Bertz CT molecular complexity index is 107. The molecule has 0 aliphatic carbocycles. The summed E-state index contributed by atoms with van der Waals surface area (Å²) in [7, 11) is 0. The molecule has 0 aromatic rings. The van der Waals surface area contributed by atoms with Gasteiger partial charge in [0, 0.05) is 0 Å². The predicted molar refractivity (Wildman–Crippen MR) is 37.0 cm³/mol. The molecule has 0 rings (SSSR count). The number of aliphatic hydroxyl groups is 2. The minimum Gasteiger partial charge on any atom is -0.386 e. The summed E-state index contributed by atoms with van der Waals surface area (Å²) in [4.78, 5) is 0. The van der Waals surface area contributed by atoms with E-state index < -0.39 is 12.2 Å². The van der Waals surface area contributed by atoms with E-state index in [1.807, 2.05) is 0 Å². The smallest absolute Gasteiger partial charge is 0.102 e. The van der Waals surface area contributed by atoms with Gasteiger partial charge in [0.1, 0.15) is 12.2 Å². The molecule has 0 fully saturated rings. The van der Waals surface area contributed by atoms with Crippen molar-refractivity contribution in [3.63, 3.8) is 0 Å². The Morgan fingerprint density at radius 2 is 1.89 bits per heavy atom. The SMILES string of the molecule is C=C[C@H](O)[C@H](O)/C=C/C. The minimum absolute atomic E-state index is 0.812. The molecule has 0 saturated carbocycles. The van der Waals surface area contributed by atoms with Gasteiger partial charge in [0.2, 0.25) is 0 Å². The van der Waals surface area contributed by atoms with Gasteiger partial charge in [0.25, 0.3) is 0 Å². The van der Waals surface area contributed by atoms with Crippen molar-refractivity contribution in [3.05, 3.63) is 24.8 Å². The lowest BCUT2D eigenvalue weighted by atomic mass is 10.2. The Morgan fingerprint density at radius 3 is 2.22 bits per heavy atom. The Balaban J connectivity index is 3.71. The van der Waals surface area contributed by atoms with Gasteiger partial charge >= 0.3 is 0 Å². The molecule has 2 nitrogen and oxygen atoms in total. The van der Waals surface area contributed by atoms with Crippen molar-refractivity contribution in [1.82, 2.24) is 0 Å². The largest absolute Gasteiger partial charge is 0.386 e. The summed E-state index contributed by atoms with van der Waals surface area (Å²) in [5, 5.41) is 17.7. The molecule has 0 aromatic heterocycles. The monoisotopic (exact) mass is 128 g/mol. The molecule has 0 bridgehead atoms. The first kappa shape index (κ1) is 8.40.